The average Bonchev–Trinajstić information content (AvgIpc) is 2.48. The van der Waals surface area contributed by atoms with Gasteiger partial charge in [-0.05, 0) is 18.5 Å². The Balaban J connectivity index is 1.81. The molecule has 0 aliphatic carbocycles. The zero-order chi connectivity index (χ0) is 15.1. The fraction of sp³-hybridized carbons (Fsp3) is 0.467. The molecule has 1 amide bonds. The van der Waals surface area contributed by atoms with Crippen LogP contribution in [-0.4, -0.2) is 36.3 Å². The summed E-state index contributed by atoms with van der Waals surface area (Å²) in [5.41, 5.74) is 0.917. The summed E-state index contributed by atoms with van der Waals surface area (Å²) in [5.74, 6) is -0.964. The molecule has 0 spiro atoms. The smallest absolute Gasteiger partial charge is 0.407 e. The first-order valence-electron chi connectivity index (χ1n) is 7.05. The number of piperidine rings is 1. The number of hydrogen-bond acceptors (Lipinski definition) is 4. The number of amides is 1. The standard InChI is InChI=1S/C15H20N2O4/c18-14(19)8-12-9-16-7-6-13(12)17-15(20)21-10-11-4-2-1-3-5-11/h1-5,12-13,16H,6-10H2,(H,17,20)(H,18,19). The minimum absolute atomic E-state index is 0.0383. The molecular formula is C15H20N2O4. The van der Waals surface area contributed by atoms with Crippen molar-refractivity contribution in [2.45, 2.75) is 25.5 Å². The maximum absolute atomic E-state index is 11.8. The second kappa shape index (κ2) is 7.64. The maximum atomic E-state index is 11.8. The fourth-order valence-electron chi connectivity index (χ4n) is 2.47. The van der Waals surface area contributed by atoms with Gasteiger partial charge in [-0.15, -0.1) is 0 Å². The molecule has 2 unspecified atom stereocenters. The minimum atomic E-state index is -0.854. The van der Waals surface area contributed by atoms with E-state index in [-0.39, 0.29) is 25.0 Å². The number of carbonyl (C=O) groups is 2. The lowest BCUT2D eigenvalue weighted by molar-refractivity contribution is -0.138. The Labute approximate surface area is 123 Å². The highest BCUT2D eigenvalue weighted by molar-refractivity contribution is 5.69. The number of hydrogen-bond donors (Lipinski definition) is 3. The highest BCUT2D eigenvalue weighted by atomic mass is 16.5. The largest absolute Gasteiger partial charge is 0.481 e. The molecule has 2 atom stereocenters. The molecule has 0 saturated carbocycles. The van der Waals surface area contributed by atoms with Crippen molar-refractivity contribution in [1.82, 2.24) is 10.6 Å². The second-order valence-electron chi connectivity index (χ2n) is 5.16. The lowest BCUT2D eigenvalue weighted by atomic mass is 9.90. The van der Waals surface area contributed by atoms with Crippen molar-refractivity contribution < 1.29 is 19.4 Å². The summed E-state index contributed by atoms with van der Waals surface area (Å²) >= 11 is 0. The number of carboxylic acids is 1. The Morgan fingerprint density at radius 1 is 1.33 bits per heavy atom. The van der Waals surface area contributed by atoms with Crippen LogP contribution in [0.1, 0.15) is 18.4 Å². The van der Waals surface area contributed by atoms with Gasteiger partial charge in [-0.2, -0.15) is 0 Å². The summed E-state index contributed by atoms with van der Waals surface area (Å²) in [7, 11) is 0. The molecule has 21 heavy (non-hydrogen) atoms. The third-order valence-corrected chi connectivity index (χ3v) is 3.56. The lowest BCUT2D eigenvalue weighted by Gasteiger charge is -2.31. The first kappa shape index (κ1) is 15.3. The number of carboxylic acid groups (broad SMARTS) is 1. The van der Waals surface area contributed by atoms with Gasteiger partial charge in [0.15, 0.2) is 0 Å². The van der Waals surface area contributed by atoms with Gasteiger partial charge in [0, 0.05) is 18.5 Å². The van der Waals surface area contributed by atoms with Gasteiger partial charge in [0.2, 0.25) is 0 Å². The zero-order valence-electron chi connectivity index (χ0n) is 11.7. The molecular weight excluding hydrogens is 272 g/mol. The summed E-state index contributed by atoms with van der Waals surface area (Å²) < 4.78 is 5.17. The second-order valence-corrected chi connectivity index (χ2v) is 5.16. The SMILES string of the molecule is O=C(O)CC1CNCCC1NC(=O)OCc1ccccc1. The van der Waals surface area contributed by atoms with Crippen LogP contribution in [0.4, 0.5) is 4.79 Å². The minimum Gasteiger partial charge on any atom is -0.481 e. The molecule has 114 valence electrons. The number of ether oxygens (including phenoxy) is 1. The van der Waals surface area contributed by atoms with E-state index >= 15 is 0 Å². The monoisotopic (exact) mass is 292 g/mol. The third kappa shape index (κ3) is 5.07. The van der Waals surface area contributed by atoms with Crippen LogP contribution in [0.15, 0.2) is 30.3 Å². The first-order chi connectivity index (χ1) is 10.1. The topological polar surface area (TPSA) is 87.7 Å². The predicted molar refractivity (Wildman–Crippen MR) is 76.8 cm³/mol. The van der Waals surface area contributed by atoms with Crippen LogP contribution < -0.4 is 10.6 Å². The van der Waals surface area contributed by atoms with Crippen molar-refractivity contribution in [3.05, 3.63) is 35.9 Å². The van der Waals surface area contributed by atoms with Crippen molar-refractivity contribution in [2.24, 2.45) is 5.92 Å². The number of benzene rings is 1. The molecule has 1 fully saturated rings. The molecule has 1 aromatic carbocycles. The quantitative estimate of drug-likeness (QED) is 0.763. The first-order valence-corrected chi connectivity index (χ1v) is 7.05. The Hall–Kier alpha value is -2.08. The molecule has 1 aromatic rings. The molecule has 1 aliphatic rings. The summed E-state index contributed by atoms with van der Waals surface area (Å²) in [6, 6.07) is 9.26. The van der Waals surface area contributed by atoms with E-state index in [1.807, 2.05) is 30.3 Å². The van der Waals surface area contributed by atoms with E-state index < -0.39 is 12.1 Å². The maximum Gasteiger partial charge on any atom is 0.407 e. The Morgan fingerprint density at radius 2 is 2.10 bits per heavy atom. The molecule has 3 N–H and O–H groups in total. The molecule has 0 bridgehead atoms. The van der Waals surface area contributed by atoms with Crippen molar-refractivity contribution >= 4 is 12.1 Å². The Kier molecular flexibility index (Phi) is 5.57. The highest BCUT2D eigenvalue weighted by Crippen LogP contribution is 2.15. The van der Waals surface area contributed by atoms with E-state index in [0.29, 0.717) is 13.0 Å². The van der Waals surface area contributed by atoms with Crippen LogP contribution in [-0.2, 0) is 16.1 Å². The van der Waals surface area contributed by atoms with E-state index in [4.69, 9.17) is 9.84 Å². The van der Waals surface area contributed by atoms with Crippen LogP contribution in [0.2, 0.25) is 0 Å². The Bertz CT molecular complexity index is 478. The number of carbonyl (C=O) groups excluding carboxylic acids is 1. The van der Waals surface area contributed by atoms with E-state index in [1.54, 1.807) is 0 Å². The number of nitrogens with one attached hydrogen (secondary N) is 2. The van der Waals surface area contributed by atoms with Gasteiger partial charge in [0.05, 0.1) is 6.42 Å². The molecule has 0 aromatic heterocycles. The van der Waals surface area contributed by atoms with E-state index in [1.165, 1.54) is 0 Å². The Morgan fingerprint density at radius 3 is 2.81 bits per heavy atom. The van der Waals surface area contributed by atoms with Gasteiger partial charge in [-0.25, -0.2) is 4.79 Å². The average molecular weight is 292 g/mol. The van der Waals surface area contributed by atoms with E-state index in [2.05, 4.69) is 10.6 Å². The van der Waals surface area contributed by atoms with E-state index in [0.717, 1.165) is 12.1 Å². The molecule has 1 saturated heterocycles. The number of aliphatic carboxylic acids is 1. The zero-order valence-corrected chi connectivity index (χ0v) is 11.7. The number of rotatable bonds is 5. The van der Waals surface area contributed by atoms with Gasteiger partial charge in [0.25, 0.3) is 0 Å². The van der Waals surface area contributed by atoms with Gasteiger partial charge < -0.3 is 20.5 Å². The molecule has 2 rings (SSSR count). The van der Waals surface area contributed by atoms with Crippen molar-refractivity contribution in [3.8, 4) is 0 Å². The molecule has 1 aliphatic heterocycles. The summed E-state index contributed by atoms with van der Waals surface area (Å²) in [5, 5.41) is 14.8. The fourth-order valence-corrected chi connectivity index (χ4v) is 2.47. The summed E-state index contributed by atoms with van der Waals surface area (Å²) in [6.45, 7) is 1.57. The number of alkyl carbamates (subject to hydrolysis) is 1. The van der Waals surface area contributed by atoms with E-state index in [9.17, 15) is 9.59 Å². The van der Waals surface area contributed by atoms with Crippen LogP contribution in [0.25, 0.3) is 0 Å². The van der Waals surface area contributed by atoms with Crippen LogP contribution >= 0.6 is 0 Å². The van der Waals surface area contributed by atoms with Gasteiger partial charge >= 0.3 is 12.1 Å². The van der Waals surface area contributed by atoms with Crippen LogP contribution in [0.5, 0.6) is 0 Å². The van der Waals surface area contributed by atoms with Gasteiger partial charge in [-0.3, -0.25) is 4.79 Å². The summed E-state index contributed by atoms with van der Waals surface area (Å²) in [6.07, 6.45) is 0.246. The van der Waals surface area contributed by atoms with Crippen LogP contribution in [0, 0.1) is 5.92 Å². The van der Waals surface area contributed by atoms with Crippen molar-refractivity contribution in [1.29, 1.82) is 0 Å². The molecule has 6 nitrogen and oxygen atoms in total. The lowest BCUT2D eigenvalue weighted by Crippen LogP contribution is -2.50. The van der Waals surface area contributed by atoms with Crippen molar-refractivity contribution in [3.63, 3.8) is 0 Å². The predicted octanol–water partition coefficient (Wildman–Crippen LogP) is 1.37. The van der Waals surface area contributed by atoms with Crippen molar-refractivity contribution in [2.75, 3.05) is 13.1 Å². The van der Waals surface area contributed by atoms with Gasteiger partial charge in [-0.1, -0.05) is 30.3 Å². The van der Waals surface area contributed by atoms with Gasteiger partial charge in [0.1, 0.15) is 6.61 Å². The highest BCUT2D eigenvalue weighted by Gasteiger charge is 2.28. The molecule has 1 heterocycles. The van der Waals surface area contributed by atoms with Crippen LogP contribution in [0.3, 0.4) is 0 Å². The normalized spacial score (nSPS) is 21.5. The molecule has 0 radical (unpaired) electrons. The molecule has 6 heteroatoms. The summed E-state index contributed by atoms with van der Waals surface area (Å²) in [4.78, 5) is 22.7. The third-order valence-electron chi connectivity index (χ3n) is 3.56.